The second-order valence-electron chi connectivity index (χ2n) is 9.19. The molecule has 2 aliphatic heterocycles. The first-order chi connectivity index (χ1) is 15.2. The Morgan fingerprint density at radius 1 is 1.16 bits per heavy atom. The van der Waals surface area contributed by atoms with Crippen molar-refractivity contribution >= 4 is 11.9 Å². The molecule has 0 N–H and O–H groups in total. The van der Waals surface area contributed by atoms with E-state index in [0.29, 0.717) is 12.3 Å². The molecule has 2 atom stereocenters. The lowest BCUT2D eigenvalue weighted by Gasteiger charge is -2.33. The van der Waals surface area contributed by atoms with E-state index in [1.807, 2.05) is 24.0 Å². The maximum atomic E-state index is 12.9. The molecule has 164 valence electrons. The fraction of sp³-hybridized carbons (Fsp3) is 0.583. The highest BCUT2D eigenvalue weighted by atomic mass is 16.2. The first kappa shape index (κ1) is 20.2. The van der Waals surface area contributed by atoms with E-state index in [2.05, 4.69) is 33.1 Å². The monoisotopic (exact) mass is 420 g/mol. The molecular formula is C24H32N6O. The summed E-state index contributed by atoms with van der Waals surface area (Å²) >= 11 is 0. The molecule has 31 heavy (non-hydrogen) atoms. The number of aromatic nitrogens is 4. The molecule has 7 heteroatoms. The number of allylic oxidation sites excluding steroid dienone is 2. The van der Waals surface area contributed by atoms with Crippen molar-refractivity contribution in [3.8, 4) is 11.3 Å². The number of rotatable bonds is 5. The molecular weight excluding hydrogens is 388 g/mol. The van der Waals surface area contributed by atoms with E-state index < -0.39 is 0 Å². The van der Waals surface area contributed by atoms with E-state index in [9.17, 15) is 4.79 Å². The summed E-state index contributed by atoms with van der Waals surface area (Å²) in [4.78, 5) is 26.6. The summed E-state index contributed by atoms with van der Waals surface area (Å²) in [5.74, 6) is 1.77. The van der Waals surface area contributed by atoms with Gasteiger partial charge in [0.2, 0.25) is 11.9 Å². The molecule has 0 radical (unpaired) electrons. The van der Waals surface area contributed by atoms with Crippen molar-refractivity contribution in [2.45, 2.75) is 50.9 Å². The van der Waals surface area contributed by atoms with Crippen LogP contribution in [0.25, 0.3) is 11.3 Å². The summed E-state index contributed by atoms with van der Waals surface area (Å²) in [6, 6.07) is 1.98. The van der Waals surface area contributed by atoms with Crippen molar-refractivity contribution in [3.63, 3.8) is 0 Å². The van der Waals surface area contributed by atoms with E-state index >= 15 is 0 Å². The number of hydrogen-bond donors (Lipinski definition) is 0. The third kappa shape index (κ3) is 4.36. The van der Waals surface area contributed by atoms with Gasteiger partial charge in [0, 0.05) is 63.5 Å². The molecule has 0 bridgehead atoms. The number of anilines is 1. The maximum Gasteiger partial charge on any atom is 0.225 e. The van der Waals surface area contributed by atoms with Crippen LogP contribution in [-0.2, 0) is 11.8 Å². The Kier molecular flexibility index (Phi) is 5.74. The molecule has 2 aromatic rings. The minimum absolute atomic E-state index is 0.248. The van der Waals surface area contributed by atoms with Crippen LogP contribution in [0.4, 0.5) is 5.95 Å². The van der Waals surface area contributed by atoms with E-state index in [4.69, 9.17) is 10.1 Å². The fourth-order valence-electron chi connectivity index (χ4n) is 5.22. The number of nitrogens with zero attached hydrogens (tertiary/aromatic N) is 6. The van der Waals surface area contributed by atoms with Crippen LogP contribution in [0.5, 0.6) is 0 Å². The van der Waals surface area contributed by atoms with E-state index in [0.717, 1.165) is 74.8 Å². The van der Waals surface area contributed by atoms with E-state index in [1.54, 1.807) is 0 Å². The number of carbonyl (C=O) groups excluding carboxylic acids is 1. The quantitative estimate of drug-likeness (QED) is 0.692. The molecule has 2 saturated heterocycles. The number of likely N-dealkylation sites (tertiary alicyclic amines) is 1. The average Bonchev–Trinajstić information content (AvgIpc) is 3.56. The third-order valence-corrected chi connectivity index (χ3v) is 6.88. The summed E-state index contributed by atoms with van der Waals surface area (Å²) < 4.78 is 1.88. The second-order valence-corrected chi connectivity index (χ2v) is 9.19. The van der Waals surface area contributed by atoms with E-state index in [1.165, 1.54) is 12.8 Å². The molecule has 1 aliphatic carbocycles. The summed E-state index contributed by atoms with van der Waals surface area (Å²) in [7, 11) is 1.97. The molecule has 7 nitrogen and oxygen atoms in total. The Balaban J connectivity index is 1.35. The van der Waals surface area contributed by atoms with Crippen LogP contribution in [0.15, 0.2) is 30.6 Å². The lowest BCUT2D eigenvalue weighted by atomic mass is 9.91. The van der Waals surface area contributed by atoms with Gasteiger partial charge in [0.1, 0.15) is 0 Å². The highest BCUT2D eigenvalue weighted by molar-refractivity contribution is 5.77. The molecule has 0 unspecified atom stereocenters. The summed E-state index contributed by atoms with van der Waals surface area (Å²) in [5, 5.41) is 4.83. The van der Waals surface area contributed by atoms with Crippen LogP contribution in [0.1, 0.15) is 56.6 Å². The zero-order valence-electron chi connectivity index (χ0n) is 18.4. The van der Waals surface area contributed by atoms with Gasteiger partial charge < -0.3 is 9.80 Å². The van der Waals surface area contributed by atoms with Gasteiger partial charge in [-0.2, -0.15) is 5.10 Å². The van der Waals surface area contributed by atoms with Gasteiger partial charge in [-0.25, -0.2) is 9.97 Å². The standard InChI is InChI=1S/C24H32N6O/c1-28-17-20(21-10-11-25-24(26-21)29-12-4-5-13-29)23(27-28)19-9-6-14-30(16-19)22(31)15-18-7-2-3-8-18/h2,7,10-11,17-19H,3-6,8-9,12-16H2,1H3/t18-,19+/m0/s1. The Morgan fingerprint density at radius 2 is 2.03 bits per heavy atom. The lowest BCUT2D eigenvalue weighted by Crippen LogP contribution is -2.39. The van der Waals surface area contributed by atoms with Crippen LogP contribution in [0.3, 0.4) is 0 Å². The molecule has 2 aromatic heterocycles. The second kappa shape index (κ2) is 8.81. The predicted molar refractivity (Wildman–Crippen MR) is 121 cm³/mol. The van der Waals surface area contributed by atoms with Gasteiger partial charge in [-0.05, 0) is 50.5 Å². The third-order valence-electron chi connectivity index (χ3n) is 6.88. The van der Waals surface area contributed by atoms with Crippen molar-refractivity contribution in [3.05, 3.63) is 36.3 Å². The van der Waals surface area contributed by atoms with Crippen LogP contribution in [-0.4, -0.2) is 56.7 Å². The number of amides is 1. The number of hydrogen-bond acceptors (Lipinski definition) is 5. The molecule has 0 aromatic carbocycles. The van der Waals surface area contributed by atoms with Gasteiger partial charge in [-0.1, -0.05) is 12.2 Å². The highest BCUT2D eigenvalue weighted by Crippen LogP contribution is 2.34. The first-order valence-corrected chi connectivity index (χ1v) is 11.7. The summed E-state index contributed by atoms with van der Waals surface area (Å²) in [6.07, 6.45) is 15.7. The zero-order chi connectivity index (χ0) is 21.2. The zero-order valence-corrected chi connectivity index (χ0v) is 18.4. The van der Waals surface area contributed by atoms with Crippen LogP contribution >= 0.6 is 0 Å². The first-order valence-electron chi connectivity index (χ1n) is 11.7. The van der Waals surface area contributed by atoms with Gasteiger partial charge in [-0.15, -0.1) is 0 Å². The minimum atomic E-state index is 0.248. The maximum absolute atomic E-state index is 12.9. The molecule has 4 heterocycles. The lowest BCUT2D eigenvalue weighted by molar-refractivity contribution is -0.133. The Bertz CT molecular complexity index is 961. The van der Waals surface area contributed by atoms with Crippen molar-refractivity contribution < 1.29 is 4.79 Å². The van der Waals surface area contributed by atoms with Crippen molar-refractivity contribution in [1.29, 1.82) is 0 Å². The Labute approximate surface area is 184 Å². The van der Waals surface area contributed by atoms with Gasteiger partial charge in [0.15, 0.2) is 0 Å². The fourth-order valence-corrected chi connectivity index (χ4v) is 5.22. The molecule has 2 fully saturated rings. The highest BCUT2D eigenvalue weighted by Gasteiger charge is 2.30. The average molecular weight is 421 g/mol. The number of aryl methyl sites for hydroxylation is 1. The van der Waals surface area contributed by atoms with Crippen LogP contribution in [0.2, 0.25) is 0 Å². The normalized spacial score (nSPS) is 23.6. The molecule has 0 spiro atoms. The smallest absolute Gasteiger partial charge is 0.225 e. The van der Waals surface area contributed by atoms with Gasteiger partial charge >= 0.3 is 0 Å². The Morgan fingerprint density at radius 3 is 2.84 bits per heavy atom. The van der Waals surface area contributed by atoms with Crippen molar-refractivity contribution in [2.24, 2.45) is 13.0 Å². The van der Waals surface area contributed by atoms with Gasteiger partial charge in [0.25, 0.3) is 0 Å². The summed E-state index contributed by atoms with van der Waals surface area (Å²) in [6.45, 7) is 3.67. The molecule has 1 amide bonds. The minimum Gasteiger partial charge on any atom is -0.342 e. The van der Waals surface area contributed by atoms with Gasteiger partial charge in [-0.3, -0.25) is 9.48 Å². The number of carbonyl (C=O) groups is 1. The Hall–Kier alpha value is -2.70. The van der Waals surface area contributed by atoms with Crippen molar-refractivity contribution in [1.82, 2.24) is 24.6 Å². The molecule has 3 aliphatic rings. The topological polar surface area (TPSA) is 67.2 Å². The largest absolute Gasteiger partial charge is 0.342 e. The molecule has 5 rings (SSSR count). The predicted octanol–water partition coefficient (Wildman–Crippen LogP) is 3.54. The van der Waals surface area contributed by atoms with Crippen LogP contribution in [0, 0.1) is 5.92 Å². The van der Waals surface area contributed by atoms with E-state index in [-0.39, 0.29) is 11.8 Å². The number of piperidine rings is 1. The van der Waals surface area contributed by atoms with Crippen molar-refractivity contribution in [2.75, 3.05) is 31.1 Å². The SMILES string of the molecule is Cn1cc(-c2ccnc(N3CCCC3)n2)c([C@@H]2CCCN(C(=O)C[C@H]3C=CCC3)C2)n1. The van der Waals surface area contributed by atoms with Crippen LogP contribution < -0.4 is 4.90 Å². The summed E-state index contributed by atoms with van der Waals surface area (Å²) in [5.41, 5.74) is 3.06. The van der Waals surface area contributed by atoms with Gasteiger partial charge in [0.05, 0.1) is 11.4 Å². The molecule has 0 saturated carbocycles.